The second-order valence-corrected chi connectivity index (χ2v) is 34.2. The number of rotatable bonds is 5. The Balaban J connectivity index is 1.30. The molecule has 6 aromatic rings. The maximum atomic E-state index is 12.8. The predicted octanol–water partition coefficient (Wildman–Crippen LogP) is 22.1. The minimum Gasteiger partial charge on any atom is -0.408 e. The summed E-state index contributed by atoms with van der Waals surface area (Å²) in [7, 11) is -4.29. The van der Waals surface area contributed by atoms with Gasteiger partial charge >= 0.3 is 16.8 Å². The van der Waals surface area contributed by atoms with Gasteiger partial charge in [-0.3, -0.25) is 0 Å². The molecule has 0 spiro atoms. The quantitative estimate of drug-likeness (QED) is 0.172. The van der Waals surface area contributed by atoms with E-state index < -0.39 is 22.9 Å². The summed E-state index contributed by atoms with van der Waals surface area (Å²) in [6.45, 7) is 56.4. The molecule has 436 valence electrons. The zero-order valence-corrected chi connectivity index (χ0v) is 55.7. The van der Waals surface area contributed by atoms with Gasteiger partial charge in [-0.2, -0.15) is 0 Å². The highest BCUT2D eigenvalue weighted by Crippen LogP contribution is 2.60. The van der Waals surface area contributed by atoms with Crippen molar-refractivity contribution >= 4 is 60.9 Å². The minimum absolute atomic E-state index is 0.138. The fraction of sp³-hybridized carbons (Fsp3) is 0.528. The molecule has 7 nitrogen and oxygen atoms in total. The fourth-order valence-corrected chi connectivity index (χ4v) is 13.8. The Kier molecular flexibility index (Phi) is 15.3. The van der Waals surface area contributed by atoms with E-state index in [1.165, 1.54) is 16.7 Å². The summed E-state index contributed by atoms with van der Waals surface area (Å²) in [6, 6.07) is 22.4. The van der Waals surface area contributed by atoms with Crippen molar-refractivity contribution < 1.29 is 31.6 Å². The third kappa shape index (κ3) is 12.1. The highest BCUT2D eigenvalue weighted by molar-refractivity contribution is 7.43. The summed E-state index contributed by atoms with van der Waals surface area (Å²) < 4.78 is 44.1. The van der Waals surface area contributed by atoms with E-state index in [1.54, 1.807) is 0 Å². The van der Waals surface area contributed by atoms with Gasteiger partial charge in [-0.1, -0.05) is 216 Å². The lowest BCUT2D eigenvalue weighted by Crippen LogP contribution is -2.35. The molecule has 3 aliphatic rings. The van der Waals surface area contributed by atoms with E-state index in [4.69, 9.17) is 26.5 Å². The lowest BCUT2D eigenvalue weighted by atomic mass is 9.67. The van der Waals surface area contributed by atoms with Crippen LogP contribution in [0.1, 0.15) is 230 Å². The van der Waals surface area contributed by atoms with Crippen molar-refractivity contribution in [3.05, 3.63) is 135 Å². The van der Waals surface area contributed by atoms with Gasteiger partial charge in [0.15, 0.2) is 5.75 Å². The first-order valence-corrected chi connectivity index (χ1v) is 31.9. The van der Waals surface area contributed by atoms with E-state index in [1.807, 2.05) is 6.07 Å². The molecule has 2 heterocycles. The van der Waals surface area contributed by atoms with Gasteiger partial charge in [-0.25, -0.2) is 0 Å². The van der Waals surface area contributed by atoms with Gasteiger partial charge in [0.25, 0.3) is 0 Å². The maximum absolute atomic E-state index is 12.8. The molecule has 4 unspecified atom stereocenters. The fourth-order valence-electron chi connectivity index (χ4n) is 11.5. The molecule has 2 aliphatic carbocycles. The Morgan fingerprint density at radius 3 is 1.58 bits per heavy atom. The Morgan fingerprint density at radius 1 is 0.568 bits per heavy atom. The first-order chi connectivity index (χ1) is 37.0. The van der Waals surface area contributed by atoms with Crippen molar-refractivity contribution in [1.82, 2.24) is 0 Å². The van der Waals surface area contributed by atoms with Gasteiger partial charge in [-0.05, 0) is 137 Å². The third-order valence-electron chi connectivity index (χ3n) is 16.8. The van der Waals surface area contributed by atoms with E-state index in [0.717, 1.165) is 95.8 Å². The van der Waals surface area contributed by atoms with Gasteiger partial charge in [0.1, 0.15) is 28.4 Å². The van der Waals surface area contributed by atoms with Crippen molar-refractivity contribution in [3.8, 4) is 17.2 Å². The molecule has 0 bridgehead atoms. The number of aliphatic hydroxyl groups excluding tert-OH is 1. The normalized spacial score (nSPS) is 19.6. The average Bonchev–Trinajstić information content (AvgIpc) is 3.89. The van der Waals surface area contributed by atoms with Crippen LogP contribution in [0.15, 0.2) is 92.9 Å². The molecule has 9 heteroatoms. The average molecular weight is 1140 g/mol. The van der Waals surface area contributed by atoms with Crippen LogP contribution in [0.2, 0.25) is 0 Å². The Labute approximate surface area is 489 Å². The summed E-state index contributed by atoms with van der Waals surface area (Å²) in [5.41, 5.74) is 11.5. The first-order valence-electron chi connectivity index (χ1n) is 29.7. The van der Waals surface area contributed by atoms with Crippen LogP contribution < -0.4 is 13.6 Å². The molecule has 4 atom stereocenters. The van der Waals surface area contributed by atoms with Crippen LogP contribution in [0.3, 0.4) is 0 Å². The topological polar surface area (TPSA) is 83.4 Å². The lowest BCUT2D eigenvalue weighted by molar-refractivity contribution is 0.112. The molecule has 0 saturated carbocycles. The zero-order chi connectivity index (χ0) is 59.9. The Bertz CT molecular complexity index is 3510. The highest BCUT2D eigenvalue weighted by atomic mass is 31.2. The van der Waals surface area contributed by atoms with Crippen LogP contribution in [0.25, 0.3) is 44.0 Å². The Hall–Kier alpha value is -4.93. The number of hydrogen-bond acceptors (Lipinski definition) is 7. The van der Waals surface area contributed by atoms with E-state index in [2.05, 4.69) is 246 Å². The smallest absolute Gasteiger partial charge is 0.408 e. The summed E-state index contributed by atoms with van der Waals surface area (Å²) in [5.74, 6) is 2.85. The van der Waals surface area contributed by atoms with Crippen molar-refractivity contribution in [3.63, 3.8) is 0 Å². The van der Waals surface area contributed by atoms with Crippen LogP contribution in [0.4, 0.5) is 0 Å². The molecular formula is C72H96O7P2. The number of hydrogen-bond donors (Lipinski definition) is 1. The van der Waals surface area contributed by atoms with Gasteiger partial charge < -0.3 is 31.6 Å². The van der Waals surface area contributed by atoms with Crippen LogP contribution in [-0.2, 0) is 43.4 Å². The second kappa shape index (κ2) is 20.4. The number of fused-ring (bicyclic) bond motifs is 5. The summed E-state index contributed by atoms with van der Waals surface area (Å²) in [5, 5.41) is 16.6. The first kappa shape index (κ1) is 60.7. The minimum atomic E-state index is -2.15. The number of benzene rings is 5. The van der Waals surface area contributed by atoms with Crippen molar-refractivity contribution in [2.75, 3.05) is 0 Å². The van der Waals surface area contributed by atoms with E-state index in [9.17, 15) is 5.11 Å². The summed E-state index contributed by atoms with van der Waals surface area (Å²) >= 11 is 0. The van der Waals surface area contributed by atoms with Gasteiger partial charge in [0.2, 0.25) is 0 Å². The third-order valence-corrected chi connectivity index (χ3v) is 18.8. The number of allylic oxidation sites excluding steroid dienone is 3. The summed E-state index contributed by atoms with van der Waals surface area (Å²) in [4.78, 5) is 0. The van der Waals surface area contributed by atoms with Crippen molar-refractivity contribution in [2.45, 2.75) is 225 Å². The maximum Gasteiger partial charge on any atom is 0.530 e. The van der Waals surface area contributed by atoms with E-state index >= 15 is 0 Å². The van der Waals surface area contributed by atoms with Crippen molar-refractivity contribution in [2.24, 2.45) is 22.7 Å². The molecule has 1 N–H and O–H groups in total. The molecule has 1 aliphatic heterocycles. The molecule has 0 radical (unpaired) electrons. The summed E-state index contributed by atoms with van der Waals surface area (Å²) in [6.07, 6.45) is 7.61. The second-order valence-electron chi connectivity index (χ2n) is 32.2. The highest BCUT2D eigenvalue weighted by Gasteiger charge is 2.42. The van der Waals surface area contributed by atoms with Crippen LogP contribution in [0.5, 0.6) is 17.2 Å². The van der Waals surface area contributed by atoms with Gasteiger partial charge in [0, 0.05) is 38.9 Å². The molecular weight excluding hydrogens is 1040 g/mol. The van der Waals surface area contributed by atoms with Gasteiger partial charge in [0.05, 0.1) is 17.1 Å². The largest absolute Gasteiger partial charge is 0.530 e. The zero-order valence-electron chi connectivity index (χ0n) is 53.9. The molecule has 0 fully saturated rings. The SMILES string of the molecule is CC1CC=C2OP(Oc3c(C4=CC(C(C)(C)C)=CC(C(C)(C)C)C4O)cc(C(C)(C)C)cc3C(C)(C)C)Oc3c2c(cc2cccc(Op4oc5c(C(C)(C)C)cc(C(C)(C)C)cc5c5cc(C(C)(C)C)cc(C(C)(C)C)c5o4)c32)C1. The van der Waals surface area contributed by atoms with Crippen LogP contribution in [-0.4, -0.2) is 11.2 Å². The lowest BCUT2D eigenvalue weighted by Gasteiger charge is -2.40. The standard InChI is InChI=1S/C72H96O7P2/c1-41-29-30-57-59-43(31-41)32-42-27-26-28-56(74-80-77-62-50(35-46(67(8,9)10)39-54(62)71(20,21)22)51-36-47(68(11,12)13)40-55(63(51)78-80)72(23,24)25)58(42)64(59)79-81(75-57)76-61-49(34-45(66(5,6)7)38-53(61)70(17,18)19)48-33-44(65(2,3)4)37-52(60(48)73)69(14,15)16/h26-28,30,32-41,52,60,73H,29,31H2,1-25H3. The molecule has 0 saturated heterocycles. The van der Waals surface area contributed by atoms with Crippen molar-refractivity contribution in [1.29, 1.82) is 0 Å². The predicted molar refractivity (Wildman–Crippen MR) is 344 cm³/mol. The van der Waals surface area contributed by atoms with Crippen LogP contribution >= 0.6 is 16.8 Å². The van der Waals surface area contributed by atoms with E-state index in [0.29, 0.717) is 23.2 Å². The molecule has 0 amide bonds. The van der Waals surface area contributed by atoms with Gasteiger partial charge in [-0.15, -0.1) is 0 Å². The molecule has 5 aromatic carbocycles. The molecule has 1 aromatic heterocycles. The monoisotopic (exact) mass is 1130 g/mol. The molecule has 81 heavy (non-hydrogen) atoms. The number of aliphatic hydroxyl groups is 1. The molecule has 9 rings (SSSR count). The van der Waals surface area contributed by atoms with Crippen LogP contribution in [0, 0.1) is 22.7 Å². The Morgan fingerprint density at radius 2 is 1.09 bits per heavy atom. The van der Waals surface area contributed by atoms with E-state index in [-0.39, 0.29) is 49.2 Å².